The fraction of sp³-hybridized carbons (Fsp3) is 0.375. The Morgan fingerprint density at radius 3 is 2.68 bits per heavy atom. The molecule has 2 aliphatic rings. The average molecular weight is 425 g/mol. The number of anilines is 1. The van der Waals surface area contributed by atoms with E-state index in [-0.39, 0.29) is 22.9 Å². The van der Waals surface area contributed by atoms with E-state index in [2.05, 4.69) is 26.3 Å². The average Bonchev–Trinajstić information content (AvgIpc) is 3.00. The third-order valence-corrected chi connectivity index (χ3v) is 5.64. The van der Waals surface area contributed by atoms with E-state index in [1.807, 2.05) is 25.1 Å². The fourth-order valence-corrected chi connectivity index (χ4v) is 4.71. The van der Waals surface area contributed by atoms with Gasteiger partial charge in [0.15, 0.2) is 5.17 Å². The molecule has 0 unspecified atom stereocenters. The molecule has 0 bridgehead atoms. The van der Waals surface area contributed by atoms with Gasteiger partial charge < -0.3 is 10.2 Å². The number of fused-ring (bicyclic) bond motifs is 2. The first-order valence-electron chi connectivity index (χ1n) is 7.79. The van der Waals surface area contributed by atoms with Crippen LogP contribution in [0.1, 0.15) is 32.8 Å². The van der Waals surface area contributed by atoms with E-state index in [1.165, 1.54) is 18.9 Å². The lowest BCUT2D eigenvalue weighted by atomic mass is 10.1. The van der Waals surface area contributed by atoms with E-state index in [9.17, 15) is 14.4 Å². The molecular weight excluding hydrogens is 408 g/mol. The maximum Gasteiger partial charge on any atom is 0.270 e. The van der Waals surface area contributed by atoms with Crippen molar-refractivity contribution in [1.29, 1.82) is 0 Å². The molecule has 0 saturated heterocycles. The van der Waals surface area contributed by atoms with Crippen molar-refractivity contribution in [3.63, 3.8) is 0 Å². The predicted octanol–water partition coefficient (Wildman–Crippen LogP) is 2.36. The number of amides is 3. The van der Waals surface area contributed by atoms with E-state index in [0.717, 1.165) is 28.3 Å². The number of hydrazone groups is 1. The molecule has 1 aromatic carbocycles. The van der Waals surface area contributed by atoms with Crippen molar-refractivity contribution >= 4 is 56.3 Å². The van der Waals surface area contributed by atoms with Crippen molar-refractivity contribution in [2.24, 2.45) is 5.10 Å². The molecule has 0 saturated carbocycles. The third-order valence-electron chi connectivity index (χ3n) is 3.91. The van der Waals surface area contributed by atoms with Gasteiger partial charge in [0.2, 0.25) is 16.7 Å². The molecule has 132 valence electrons. The highest BCUT2D eigenvalue weighted by Crippen LogP contribution is 2.54. The van der Waals surface area contributed by atoms with Gasteiger partial charge in [-0.3, -0.25) is 14.4 Å². The minimum Gasteiger partial charge on any atom is -0.309 e. The summed E-state index contributed by atoms with van der Waals surface area (Å²) < 4.78 is 0.800. The zero-order valence-electron chi connectivity index (χ0n) is 14.0. The highest BCUT2D eigenvalue weighted by molar-refractivity contribution is 9.10. The van der Waals surface area contributed by atoms with Gasteiger partial charge in [-0.15, -0.1) is 5.10 Å². The lowest BCUT2D eigenvalue weighted by molar-refractivity contribution is -0.139. The molecule has 3 rings (SSSR count). The first kappa shape index (κ1) is 17.9. The first-order valence-corrected chi connectivity index (χ1v) is 9.40. The molecular formula is C16H17BrN4O3S. The molecule has 1 spiro atoms. The van der Waals surface area contributed by atoms with Gasteiger partial charge in [-0.2, -0.15) is 5.01 Å². The molecule has 2 heterocycles. The van der Waals surface area contributed by atoms with Gasteiger partial charge >= 0.3 is 0 Å². The van der Waals surface area contributed by atoms with E-state index in [0.29, 0.717) is 12.1 Å². The van der Waals surface area contributed by atoms with Crippen molar-refractivity contribution in [3.8, 4) is 0 Å². The van der Waals surface area contributed by atoms with Crippen LogP contribution in [0.2, 0.25) is 0 Å². The number of carbonyl (C=O) groups excluding carboxylic acids is 3. The molecule has 1 aromatic rings. The smallest absolute Gasteiger partial charge is 0.270 e. The summed E-state index contributed by atoms with van der Waals surface area (Å²) in [6, 6.07) is 5.55. The number of nitrogens with one attached hydrogen (secondary N) is 1. The summed E-state index contributed by atoms with van der Waals surface area (Å²) in [6.07, 6.45) is 0.779. The number of rotatable bonds is 2. The molecule has 0 aliphatic carbocycles. The first-order chi connectivity index (χ1) is 11.8. The maximum absolute atomic E-state index is 13.3. The van der Waals surface area contributed by atoms with Crippen molar-refractivity contribution < 1.29 is 14.4 Å². The van der Waals surface area contributed by atoms with Crippen LogP contribution in [-0.4, -0.2) is 34.4 Å². The molecule has 9 heteroatoms. The molecule has 2 aliphatic heterocycles. The summed E-state index contributed by atoms with van der Waals surface area (Å²) in [6.45, 7) is 5.24. The Hall–Kier alpha value is -1.87. The van der Waals surface area contributed by atoms with Crippen molar-refractivity contribution in [2.75, 3.05) is 11.4 Å². The van der Waals surface area contributed by atoms with Crippen LogP contribution in [0.15, 0.2) is 27.8 Å². The molecule has 25 heavy (non-hydrogen) atoms. The van der Waals surface area contributed by atoms with Crippen molar-refractivity contribution in [1.82, 2.24) is 10.3 Å². The SMILES string of the molecule is CCCN1C(=O)[C@]2(SC(NC(C)=O)=NN2C(C)=O)c2cc(Br)ccc21. The lowest BCUT2D eigenvalue weighted by Gasteiger charge is -2.29. The van der Waals surface area contributed by atoms with Crippen LogP contribution < -0.4 is 10.2 Å². The third kappa shape index (κ3) is 2.75. The van der Waals surface area contributed by atoms with Crippen LogP contribution in [0.5, 0.6) is 0 Å². The Morgan fingerprint density at radius 2 is 2.08 bits per heavy atom. The Labute approximate surface area is 157 Å². The molecule has 7 nitrogen and oxygen atoms in total. The Morgan fingerprint density at radius 1 is 1.36 bits per heavy atom. The van der Waals surface area contributed by atoms with Crippen LogP contribution in [0.25, 0.3) is 0 Å². The topological polar surface area (TPSA) is 82.1 Å². The number of benzene rings is 1. The Balaban J connectivity index is 2.17. The number of halogens is 1. The predicted molar refractivity (Wildman–Crippen MR) is 99.8 cm³/mol. The fourth-order valence-electron chi connectivity index (χ4n) is 3.03. The van der Waals surface area contributed by atoms with Crippen molar-refractivity contribution in [3.05, 3.63) is 28.2 Å². The van der Waals surface area contributed by atoms with Crippen LogP contribution in [0.3, 0.4) is 0 Å². The molecule has 0 aromatic heterocycles. The molecule has 3 amide bonds. The van der Waals surface area contributed by atoms with E-state index in [4.69, 9.17) is 0 Å². The quantitative estimate of drug-likeness (QED) is 0.789. The van der Waals surface area contributed by atoms with E-state index < -0.39 is 4.87 Å². The summed E-state index contributed by atoms with van der Waals surface area (Å²) in [4.78, 5) is 37.4. The number of hydrogen-bond acceptors (Lipinski definition) is 5. The minimum absolute atomic E-state index is 0.230. The van der Waals surface area contributed by atoms with Gasteiger partial charge in [0, 0.05) is 30.4 Å². The molecule has 0 fully saturated rings. The number of amidine groups is 1. The standard InChI is InChI=1S/C16H17BrN4O3S/c1-4-7-20-13-6-5-11(17)8-12(13)16(14(20)24)21(10(3)23)19-15(25-16)18-9(2)22/h5-6,8H,4,7H2,1-3H3,(H,18,19,22)/t16-/m1/s1. The minimum atomic E-state index is -1.32. The maximum atomic E-state index is 13.3. The summed E-state index contributed by atoms with van der Waals surface area (Å²) in [5.74, 6) is -0.908. The summed E-state index contributed by atoms with van der Waals surface area (Å²) in [5.41, 5.74) is 1.44. The molecule has 1 atom stereocenters. The van der Waals surface area contributed by atoms with E-state index >= 15 is 0 Å². The van der Waals surface area contributed by atoms with Crippen molar-refractivity contribution in [2.45, 2.75) is 32.1 Å². The molecule has 0 radical (unpaired) electrons. The Kier molecular flexibility index (Phi) is 4.63. The van der Waals surface area contributed by atoms with Crippen LogP contribution in [0.4, 0.5) is 5.69 Å². The normalized spacial score (nSPS) is 21.6. The van der Waals surface area contributed by atoms with Gasteiger partial charge in [-0.05, 0) is 36.4 Å². The van der Waals surface area contributed by atoms with Crippen LogP contribution >= 0.6 is 27.7 Å². The number of carbonyl (C=O) groups is 3. The monoisotopic (exact) mass is 424 g/mol. The largest absolute Gasteiger partial charge is 0.309 e. The highest BCUT2D eigenvalue weighted by atomic mass is 79.9. The van der Waals surface area contributed by atoms with Gasteiger partial charge in [-0.25, -0.2) is 0 Å². The second-order valence-electron chi connectivity index (χ2n) is 5.78. The number of thioether (sulfide) groups is 1. The van der Waals surface area contributed by atoms with Crippen LogP contribution in [-0.2, 0) is 19.3 Å². The van der Waals surface area contributed by atoms with E-state index in [1.54, 1.807) is 4.90 Å². The Bertz CT molecular complexity index is 813. The second kappa shape index (κ2) is 6.45. The summed E-state index contributed by atoms with van der Waals surface area (Å²) in [7, 11) is 0. The summed E-state index contributed by atoms with van der Waals surface area (Å²) >= 11 is 4.52. The zero-order valence-corrected chi connectivity index (χ0v) is 16.4. The van der Waals surface area contributed by atoms with Crippen LogP contribution in [0, 0.1) is 0 Å². The van der Waals surface area contributed by atoms with Gasteiger partial charge in [0.05, 0.1) is 5.69 Å². The van der Waals surface area contributed by atoms with Gasteiger partial charge in [0.1, 0.15) is 0 Å². The molecule has 1 N–H and O–H groups in total. The second-order valence-corrected chi connectivity index (χ2v) is 7.88. The zero-order chi connectivity index (χ0) is 18.4. The number of hydrogen-bond donors (Lipinski definition) is 1. The number of nitrogens with zero attached hydrogens (tertiary/aromatic N) is 3. The lowest BCUT2D eigenvalue weighted by Crippen LogP contribution is -2.48. The van der Waals surface area contributed by atoms with Gasteiger partial charge in [0.25, 0.3) is 5.91 Å². The highest BCUT2D eigenvalue weighted by Gasteiger charge is 2.61. The van der Waals surface area contributed by atoms with Gasteiger partial charge in [-0.1, -0.05) is 22.9 Å². The summed E-state index contributed by atoms with van der Waals surface area (Å²) in [5, 5.41) is 8.20.